The Morgan fingerprint density at radius 2 is 2.00 bits per heavy atom. The van der Waals surface area contributed by atoms with Crippen molar-refractivity contribution in [2.45, 2.75) is 25.2 Å². The van der Waals surface area contributed by atoms with Crippen LogP contribution in [0.4, 0.5) is 19.7 Å². The van der Waals surface area contributed by atoms with Crippen molar-refractivity contribution in [3.63, 3.8) is 0 Å². The fourth-order valence-corrected chi connectivity index (χ4v) is 3.80. The van der Waals surface area contributed by atoms with E-state index in [1.165, 1.54) is 12.1 Å². The molecule has 0 saturated carbocycles. The van der Waals surface area contributed by atoms with Crippen LogP contribution in [0, 0.1) is 0 Å². The van der Waals surface area contributed by atoms with E-state index in [1.54, 1.807) is 24.4 Å². The van der Waals surface area contributed by atoms with Gasteiger partial charge in [0.25, 0.3) is 11.1 Å². The number of nitrogens with zero attached hydrogens (tertiary/aromatic N) is 5. The topological polar surface area (TPSA) is 102 Å². The zero-order valence-electron chi connectivity index (χ0n) is 16.1. The number of ether oxygens (including phenoxy) is 2. The number of anilines is 2. The number of carbonyl (C=O) groups is 1. The molecule has 3 aromatic rings. The molecule has 0 unspecified atom stereocenters. The first-order chi connectivity index (χ1) is 15.1. The van der Waals surface area contributed by atoms with Crippen LogP contribution in [-0.2, 0) is 9.53 Å². The lowest BCUT2D eigenvalue weighted by Gasteiger charge is -2.16. The maximum absolute atomic E-state index is 12.8. The Morgan fingerprint density at radius 3 is 2.74 bits per heavy atom. The Labute approximate surface area is 180 Å². The van der Waals surface area contributed by atoms with Crippen LogP contribution < -0.4 is 15.0 Å². The van der Waals surface area contributed by atoms with Crippen LogP contribution >= 0.6 is 11.3 Å². The molecule has 1 amide bonds. The Morgan fingerprint density at radius 1 is 1.16 bits per heavy atom. The van der Waals surface area contributed by atoms with Crippen molar-refractivity contribution >= 4 is 28.2 Å². The molecular weight excluding hydrogens is 430 g/mol. The van der Waals surface area contributed by atoms with Crippen LogP contribution in [0.5, 0.6) is 5.19 Å². The maximum atomic E-state index is 12.8. The summed E-state index contributed by atoms with van der Waals surface area (Å²) in [6, 6.07) is 11.7. The van der Waals surface area contributed by atoms with Gasteiger partial charge in [-0.15, -0.1) is 10.2 Å². The minimum atomic E-state index is -3.11. The van der Waals surface area contributed by atoms with Gasteiger partial charge in [-0.05, 0) is 29.0 Å². The average molecular weight is 448 g/mol. The van der Waals surface area contributed by atoms with Crippen LogP contribution in [0.2, 0.25) is 0 Å². The molecule has 4 rings (SSSR count). The van der Waals surface area contributed by atoms with Gasteiger partial charge in [-0.2, -0.15) is 13.9 Å². The molecule has 0 spiro atoms. The molecule has 1 aliphatic heterocycles. The number of nitrogens with one attached hydrogen (secondary N) is 1. The number of hydrogen-bond donors (Lipinski definition) is 1. The van der Waals surface area contributed by atoms with Gasteiger partial charge in [0.15, 0.2) is 11.9 Å². The smallest absolute Gasteiger partial charge is 0.346 e. The molecule has 31 heavy (non-hydrogen) atoms. The standard InChI is InChI=1S/C19H18F2N6O3S/c20-17(21)30-15(12-5-2-1-3-6-12)16(28)23-18-25-26-19(31-18)29-13-8-10-27(11-13)14-7-4-9-22-24-14/h1-7,9,13,15,17H,8,10-11H2,(H,23,25,28)/t13-,15+/m1/s1. The lowest BCUT2D eigenvalue weighted by atomic mass is 10.1. The van der Waals surface area contributed by atoms with Gasteiger partial charge in [0.2, 0.25) is 5.13 Å². The van der Waals surface area contributed by atoms with E-state index in [9.17, 15) is 13.6 Å². The number of halogens is 2. The maximum Gasteiger partial charge on any atom is 0.346 e. The first-order valence-electron chi connectivity index (χ1n) is 9.40. The first kappa shape index (κ1) is 21.0. The number of carbonyl (C=O) groups excluding carboxylic acids is 1. The lowest BCUT2D eigenvalue weighted by molar-refractivity contribution is -0.173. The highest BCUT2D eigenvalue weighted by atomic mass is 32.1. The summed E-state index contributed by atoms with van der Waals surface area (Å²) < 4.78 is 35.9. The second-order valence-electron chi connectivity index (χ2n) is 6.61. The Bertz CT molecular complexity index is 995. The molecule has 9 nitrogen and oxygen atoms in total. The largest absolute Gasteiger partial charge is 0.464 e. The second kappa shape index (κ2) is 9.71. The predicted octanol–water partition coefficient (Wildman–Crippen LogP) is 2.90. The van der Waals surface area contributed by atoms with Gasteiger partial charge >= 0.3 is 6.61 Å². The summed E-state index contributed by atoms with van der Waals surface area (Å²) in [6.45, 7) is -1.74. The summed E-state index contributed by atoms with van der Waals surface area (Å²) in [6.07, 6.45) is 0.762. The summed E-state index contributed by atoms with van der Waals surface area (Å²) in [4.78, 5) is 14.6. The van der Waals surface area contributed by atoms with Gasteiger partial charge < -0.3 is 14.4 Å². The van der Waals surface area contributed by atoms with Gasteiger partial charge in [0.1, 0.15) is 6.10 Å². The van der Waals surface area contributed by atoms with E-state index in [-0.39, 0.29) is 16.4 Å². The third-order valence-corrected chi connectivity index (χ3v) is 5.24. The molecule has 3 heterocycles. The molecular formula is C19H18F2N6O3S. The zero-order valence-corrected chi connectivity index (χ0v) is 16.9. The van der Waals surface area contributed by atoms with E-state index in [0.717, 1.165) is 30.1 Å². The van der Waals surface area contributed by atoms with Crippen molar-refractivity contribution in [1.82, 2.24) is 20.4 Å². The lowest BCUT2D eigenvalue weighted by Crippen LogP contribution is -2.25. The second-order valence-corrected chi connectivity index (χ2v) is 7.55. The van der Waals surface area contributed by atoms with Crippen LogP contribution in [0.3, 0.4) is 0 Å². The van der Waals surface area contributed by atoms with Crippen molar-refractivity contribution in [2.24, 2.45) is 0 Å². The average Bonchev–Trinajstić information content (AvgIpc) is 3.43. The van der Waals surface area contributed by atoms with Gasteiger partial charge in [-0.3, -0.25) is 10.1 Å². The Hall–Kier alpha value is -3.25. The first-order valence-corrected chi connectivity index (χ1v) is 10.2. The third-order valence-electron chi connectivity index (χ3n) is 4.51. The van der Waals surface area contributed by atoms with Crippen LogP contribution in [0.1, 0.15) is 18.1 Å². The number of rotatable bonds is 8. The molecule has 2 atom stereocenters. The fraction of sp³-hybridized carbons (Fsp3) is 0.316. The molecule has 1 aromatic carbocycles. The van der Waals surface area contributed by atoms with Gasteiger partial charge in [-0.1, -0.05) is 35.4 Å². The Balaban J connectivity index is 1.35. The summed E-state index contributed by atoms with van der Waals surface area (Å²) in [5.41, 5.74) is 0.302. The molecule has 0 aliphatic carbocycles. The summed E-state index contributed by atoms with van der Waals surface area (Å²) in [7, 11) is 0. The number of benzene rings is 1. The van der Waals surface area contributed by atoms with E-state index >= 15 is 0 Å². The van der Waals surface area contributed by atoms with E-state index in [2.05, 4.69) is 30.4 Å². The minimum absolute atomic E-state index is 0.127. The van der Waals surface area contributed by atoms with Crippen molar-refractivity contribution < 1.29 is 23.0 Å². The Kier molecular flexibility index (Phi) is 6.57. The van der Waals surface area contributed by atoms with Gasteiger partial charge in [0, 0.05) is 19.2 Å². The molecule has 1 fully saturated rings. The van der Waals surface area contributed by atoms with Crippen LogP contribution in [-0.4, -0.2) is 52.1 Å². The molecule has 12 heteroatoms. The molecule has 2 aromatic heterocycles. The number of hydrogen-bond acceptors (Lipinski definition) is 9. The molecule has 1 aliphatic rings. The highest BCUT2D eigenvalue weighted by Crippen LogP contribution is 2.28. The number of amides is 1. The number of alkyl halides is 2. The molecule has 1 N–H and O–H groups in total. The summed E-state index contributed by atoms with van der Waals surface area (Å²) in [5.74, 6) is -0.00584. The van der Waals surface area contributed by atoms with Crippen molar-refractivity contribution in [3.8, 4) is 5.19 Å². The van der Waals surface area contributed by atoms with Crippen molar-refractivity contribution in [1.29, 1.82) is 0 Å². The van der Waals surface area contributed by atoms with Gasteiger partial charge in [0.05, 0.1) is 6.54 Å². The SMILES string of the molecule is O=C(Nc1nnc(O[C@@H]2CCN(c3cccnn3)C2)s1)[C@@H](OC(F)F)c1ccccc1. The molecule has 0 bridgehead atoms. The summed E-state index contributed by atoms with van der Waals surface area (Å²) in [5, 5.41) is 18.6. The van der Waals surface area contributed by atoms with E-state index in [1.807, 2.05) is 17.0 Å². The highest BCUT2D eigenvalue weighted by Gasteiger charge is 2.28. The fourth-order valence-electron chi connectivity index (χ4n) is 3.14. The monoisotopic (exact) mass is 448 g/mol. The van der Waals surface area contributed by atoms with Gasteiger partial charge in [-0.25, -0.2) is 0 Å². The molecule has 1 saturated heterocycles. The van der Waals surface area contributed by atoms with Crippen molar-refractivity contribution in [2.75, 3.05) is 23.3 Å². The van der Waals surface area contributed by atoms with Crippen LogP contribution in [0.15, 0.2) is 48.7 Å². The van der Waals surface area contributed by atoms with E-state index in [4.69, 9.17) is 4.74 Å². The highest BCUT2D eigenvalue weighted by molar-refractivity contribution is 7.17. The number of aromatic nitrogens is 4. The summed E-state index contributed by atoms with van der Waals surface area (Å²) >= 11 is 1.01. The molecule has 0 radical (unpaired) electrons. The predicted molar refractivity (Wildman–Crippen MR) is 108 cm³/mol. The molecule has 162 valence electrons. The van der Waals surface area contributed by atoms with E-state index in [0.29, 0.717) is 12.1 Å². The van der Waals surface area contributed by atoms with Crippen LogP contribution in [0.25, 0.3) is 0 Å². The quantitative estimate of drug-likeness (QED) is 0.561. The zero-order chi connectivity index (χ0) is 21.6. The van der Waals surface area contributed by atoms with Crippen molar-refractivity contribution in [3.05, 3.63) is 54.2 Å². The third kappa shape index (κ3) is 5.47. The minimum Gasteiger partial charge on any atom is -0.464 e. The van der Waals surface area contributed by atoms with E-state index < -0.39 is 18.6 Å². The normalized spacial score (nSPS) is 17.0.